The standard InChI is InChI=1S/C17H19F3N2O6S/c18-17(19,20)29(23,24)28-12-1-2-14-11(7-12)3-4-22-15(14)8-16(21)27-10-13-9-25-5-6-26-13/h1-2,7-8,13,21-22H,3-6,9-10H2/b15-8-,21-16?. The molecule has 0 radical (unpaired) electrons. The number of alkyl halides is 3. The predicted molar refractivity (Wildman–Crippen MR) is 96.0 cm³/mol. The van der Waals surface area contributed by atoms with E-state index in [9.17, 15) is 21.6 Å². The van der Waals surface area contributed by atoms with Gasteiger partial charge in [-0.15, -0.1) is 0 Å². The third kappa shape index (κ3) is 5.40. The lowest BCUT2D eigenvalue weighted by molar-refractivity contribution is -0.103. The van der Waals surface area contributed by atoms with Gasteiger partial charge in [-0.2, -0.15) is 21.6 Å². The fourth-order valence-electron chi connectivity index (χ4n) is 2.81. The molecule has 1 fully saturated rings. The fourth-order valence-corrected chi connectivity index (χ4v) is 3.26. The zero-order chi connectivity index (χ0) is 21.1. The zero-order valence-corrected chi connectivity index (χ0v) is 15.9. The highest BCUT2D eigenvalue weighted by Gasteiger charge is 2.48. The van der Waals surface area contributed by atoms with Gasteiger partial charge in [-0.05, 0) is 30.2 Å². The molecule has 0 bridgehead atoms. The minimum Gasteiger partial charge on any atom is -0.475 e. The van der Waals surface area contributed by atoms with Crippen molar-refractivity contribution < 1.29 is 40.0 Å². The summed E-state index contributed by atoms with van der Waals surface area (Å²) in [5.74, 6) is -0.558. The van der Waals surface area contributed by atoms with Crippen LogP contribution < -0.4 is 9.50 Å². The highest BCUT2D eigenvalue weighted by atomic mass is 32.2. The van der Waals surface area contributed by atoms with E-state index in [1.807, 2.05) is 0 Å². The van der Waals surface area contributed by atoms with E-state index in [0.717, 1.165) is 6.07 Å². The molecule has 2 aliphatic rings. The normalized spacial score (nSPS) is 21.2. The van der Waals surface area contributed by atoms with E-state index in [4.69, 9.17) is 19.6 Å². The molecule has 2 N–H and O–H groups in total. The van der Waals surface area contributed by atoms with Gasteiger partial charge in [0.2, 0.25) is 5.90 Å². The summed E-state index contributed by atoms with van der Waals surface area (Å²) >= 11 is 0. The highest BCUT2D eigenvalue weighted by Crippen LogP contribution is 2.30. The second-order valence-electron chi connectivity index (χ2n) is 6.28. The molecule has 1 aromatic carbocycles. The molecule has 3 rings (SSSR count). The summed E-state index contributed by atoms with van der Waals surface area (Å²) in [7, 11) is -5.73. The van der Waals surface area contributed by atoms with E-state index in [1.54, 1.807) is 0 Å². The lowest BCUT2D eigenvalue weighted by atomic mass is 9.97. The van der Waals surface area contributed by atoms with Crippen molar-refractivity contribution in [2.75, 3.05) is 33.0 Å². The zero-order valence-electron chi connectivity index (χ0n) is 15.1. The van der Waals surface area contributed by atoms with Crippen LogP contribution in [0.15, 0.2) is 24.3 Å². The van der Waals surface area contributed by atoms with Crippen molar-refractivity contribution in [2.24, 2.45) is 0 Å². The largest absolute Gasteiger partial charge is 0.534 e. The van der Waals surface area contributed by atoms with Crippen molar-refractivity contribution in [3.63, 3.8) is 0 Å². The monoisotopic (exact) mass is 436 g/mol. The molecule has 0 saturated carbocycles. The Bertz CT molecular complexity index is 895. The van der Waals surface area contributed by atoms with Crippen LogP contribution in [0.25, 0.3) is 5.70 Å². The topological polar surface area (TPSA) is 107 Å². The molecular formula is C17H19F3N2O6S. The molecule has 0 aromatic heterocycles. The Balaban J connectivity index is 1.70. The summed E-state index contributed by atoms with van der Waals surface area (Å²) in [5, 5.41) is 11.0. The maximum absolute atomic E-state index is 12.5. The van der Waals surface area contributed by atoms with Crippen molar-refractivity contribution in [3.05, 3.63) is 35.4 Å². The minimum absolute atomic E-state index is 0.130. The molecule has 0 amide bonds. The van der Waals surface area contributed by atoms with E-state index in [2.05, 4.69) is 9.50 Å². The fraction of sp³-hybridized carbons (Fsp3) is 0.471. The number of nitrogens with one attached hydrogen (secondary N) is 2. The quantitative estimate of drug-likeness (QED) is 0.314. The Labute approximate surface area is 165 Å². The van der Waals surface area contributed by atoms with Crippen LogP contribution in [-0.2, 0) is 30.7 Å². The van der Waals surface area contributed by atoms with Crippen LogP contribution in [0.2, 0.25) is 0 Å². The summed E-state index contributed by atoms with van der Waals surface area (Å²) in [6.45, 7) is 1.97. The molecule has 8 nitrogen and oxygen atoms in total. The van der Waals surface area contributed by atoms with E-state index >= 15 is 0 Å². The summed E-state index contributed by atoms with van der Waals surface area (Å²) in [4.78, 5) is 0. The first-order valence-corrected chi connectivity index (χ1v) is 10.1. The van der Waals surface area contributed by atoms with Crippen LogP contribution in [0.4, 0.5) is 13.2 Å². The number of benzene rings is 1. The number of fused-ring (bicyclic) bond motifs is 1. The Morgan fingerprint density at radius 3 is 2.83 bits per heavy atom. The maximum atomic E-state index is 12.5. The lowest BCUT2D eigenvalue weighted by Gasteiger charge is -2.24. The molecule has 0 aliphatic carbocycles. The first-order valence-electron chi connectivity index (χ1n) is 8.66. The average Bonchev–Trinajstić information content (AvgIpc) is 2.66. The molecule has 2 heterocycles. The molecule has 12 heteroatoms. The van der Waals surface area contributed by atoms with Crippen molar-refractivity contribution in [2.45, 2.75) is 18.0 Å². The summed E-state index contributed by atoms with van der Waals surface area (Å²) in [6, 6.07) is 3.80. The van der Waals surface area contributed by atoms with Crippen molar-refractivity contribution in [1.82, 2.24) is 5.32 Å². The second kappa shape index (κ2) is 8.59. The van der Waals surface area contributed by atoms with Crippen molar-refractivity contribution >= 4 is 21.7 Å². The molecule has 0 spiro atoms. The first-order chi connectivity index (χ1) is 13.7. The number of rotatable bonds is 5. The molecule has 160 valence electrons. The highest BCUT2D eigenvalue weighted by molar-refractivity contribution is 7.88. The Morgan fingerprint density at radius 2 is 2.14 bits per heavy atom. The van der Waals surface area contributed by atoms with E-state index in [0.29, 0.717) is 49.6 Å². The SMILES string of the molecule is N=C(/C=C1\NCCc2cc(OS(=O)(=O)C(F)(F)F)ccc21)OCC1COCCO1. The van der Waals surface area contributed by atoms with Gasteiger partial charge in [0.05, 0.1) is 19.8 Å². The molecule has 1 unspecified atom stereocenters. The minimum atomic E-state index is -5.73. The van der Waals surface area contributed by atoms with Gasteiger partial charge < -0.3 is 23.7 Å². The first kappa shape index (κ1) is 21.4. The van der Waals surface area contributed by atoms with Gasteiger partial charge in [-0.25, -0.2) is 0 Å². The van der Waals surface area contributed by atoms with Gasteiger partial charge in [0.15, 0.2) is 0 Å². The Kier molecular flexibility index (Phi) is 6.34. The van der Waals surface area contributed by atoms with Crippen molar-refractivity contribution in [3.8, 4) is 5.75 Å². The lowest BCUT2D eigenvalue weighted by Crippen LogP contribution is -2.33. The number of halogens is 3. The van der Waals surface area contributed by atoms with Gasteiger partial charge >= 0.3 is 15.6 Å². The molecule has 1 aromatic rings. The van der Waals surface area contributed by atoms with Gasteiger partial charge in [-0.3, -0.25) is 5.41 Å². The van der Waals surface area contributed by atoms with Crippen LogP contribution in [-0.4, -0.2) is 58.9 Å². The van der Waals surface area contributed by atoms with Gasteiger partial charge in [0, 0.05) is 23.9 Å². The summed E-state index contributed by atoms with van der Waals surface area (Å²) < 4.78 is 80.0. The van der Waals surface area contributed by atoms with E-state index < -0.39 is 21.4 Å². The third-order valence-corrected chi connectivity index (χ3v) is 5.13. The Hall–Kier alpha value is -2.31. The molecule has 2 aliphatic heterocycles. The number of hydrogen-bond donors (Lipinski definition) is 2. The Morgan fingerprint density at radius 1 is 1.34 bits per heavy atom. The van der Waals surface area contributed by atoms with Crippen LogP contribution >= 0.6 is 0 Å². The summed E-state index contributed by atoms with van der Waals surface area (Å²) in [6.07, 6.45) is 1.62. The van der Waals surface area contributed by atoms with Crippen LogP contribution in [0, 0.1) is 5.41 Å². The molecule has 1 atom stereocenters. The number of ether oxygens (including phenoxy) is 3. The van der Waals surface area contributed by atoms with Crippen molar-refractivity contribution in [1.29, 1.82) is 5.41 Å². The summed E-state index contributed by atoms with van der Waals surface area (Å²) in [5.41, 5.74) is -3.78. The van der Waals surface area contributed by atoms with Crippen LogP contribution in [0.1, 0.15) is 11.1 Å². The second-order valence-corrected chi connectivity index (χ2v) is 7.82. The number of hydrogen-bond acceptors (Lipinski definition) is 8. The average molecular weight is 436 g/mol. The van der Waals surface area contributed by atoms with E-state index in [-0.39, 0.29) is 18.6 Å². The molecule has 29 heavy (non-hydrogen) atoms. The van der Waals surface area contributed by atoms with Gasteiger partial charge in [0.1, 0.15) is 18.5 Å². The van der Waals surface area contributed by atoms with Gasteiger partial charge in [-0.1, -0.05) is 0 Å². The molecular weight excluding hydrogens is 417 g/mol. The van der Waals surface area contributed by atoms with E-state index in [1.165, 1.54) is 18.2 Å². The van der Waals surface area contributed by atoms with Crippen LogP contribution in [0.5, 0.6) is 5.75 Å². The predicted octanol–water partition coefficient (Wildman–Crippen LogP) is 1.81. The smallest absolute Gasteiger partial charge is 0.475 e. The van der Waals surface area contributed by atoms with Gasteiger partial charge in [0.25, 0.3) is 0 Å². The molecule has 1 saturated heterocycles. The third-order valence-electron chi connectivity index (χ3n) is 4.15. The van der Waals surface area contributed by atoms with Crippen LogP contribution in [0.3, 0.4) is 0 Å². The maximum Gasteiger partial charge on any atom is 0.534 e.